The first-order valence-electron chi connectivity index (χ1n) is 18.4. The number of ether oxygens (including phenoxy) is 1. The Morgan fingerprint density at radius 3 is 1.98 bits per heavy atom. The van der Waals surface area contributed by atoms with Crippen molar-refractivity contribution in [3.05, 3.63) is 174 Å². The third-order valence-electron chi connectivity index (χ3n) is 12.3. The molecule has 0 spiro atoms. The summed E-state index contributed by atoms with van der Waals surface area (Å²) in [5.74, 6) is 1.89. The third kappa shape index (κ3) is 3.82. The first kappa shape index (κ1) is 29.7. The summed E-state index contributed by atoms with van der Waals surface area (Å²) in [6.07, 6.45) is 0. The molecule has 0 bridgehead atoms. The molecule has 3 aliphatic rings. The number of para-hydroxylation sites is 4. The molecule has 11 rings (SSSR count). The molecule has 52 heavy (non-hydrogen) atoms. The van der Waals surface area contributed by atoms with Crippen LogP contribution in [0.4, 0.5) is 17.1 Å². The van der Waals surface area contributed by atoms with Gasteiger partial charge < -0.3 is 14.2 Å². The van der Waals surface area contributed by atoms with Crippen LogP contribution < -0.4 is 26.0 Å². The van der Waals surface area contributed by atoms with Crippen LogP contribution in [0.15, 0.2) is 152 Å². The van der Waals surface area contributed by atoms with Gasteiger partial charge in [0.25, 0.3) is 6.71 Å². The molecule has 0 fully saturated rings. The molecule has 7 aromatic carbocycles. The lowest BCUT2D eigenvalue weighted by atomic mass is 9.30. The van der Waals surface area contributed by atoms with Crippen LogP contribution in [0.25, 0.3) is 27.5 Å². The smallest absolute Gasteiger partial charge is 0.251 e. The zero-order valence-electron chi connectivity index (χ0n) is 29.8. The van der Waals surface area contributed by atoms with Gasteiger partial charge in [0.1, 0.15) is 11.5 Å². The topological polar surface area (TPSA) is 17.4 Å². The lowest BCUT2D eigenvalue weighted by Gasteiger charge is -2.42. The zero-order valence-corrected chi connectivity index (χ0v) is 29.8. The van der Waals surface area contributed by atoms with Gasteiger partial charge in [0.05, 0.1) is 28.1 Å². The van der Waals surface area contributed by atoms with Crippen molar-refractivity contribution in [2.45, 2.75) is 38.5 Å². The second kappa shape index (κ2) is 10.3. The van der Waals surface area contributed by atoms with E-state index in [0.717, 1.165) is 22.9 Å². The largest absolute Gasteiger partial charge is 0.458 e. The molecule has 0 saturated heterocycles. The van der Waals surface area contributed by atoms with E-state index in [2.05, 4.69) is 189 Å². The predicted octanol–water partition coefficient (Wildman–Crippen LogP) is 10.2. The van der Waals surface area contributed by atoms with Gasteiger partial charge in [-0.05, 0) is 81.7 Å². The van der Waals surface area contributed by atoms with Gasteiger partial charge in [0, 0.05) is 33.4 Å². The molecule has 0 aliphatic carbocycles. The van der Waals surface area contributed by atoms with E-state index in [4.69, 9.17) is 4.74 Å². The van der Waals surface area contributed by atoms with Crippen molar-refractivity contribution < 1.29 is 4.74 Å². The Morgan fingerprint density at radius 2 is 1.13 bits per heavy atom. The summed E-state index contributed by atoms with van der Waals surface area (Å²) < 4.78 is 9.39. The number of rotatable bonds is 2. The minimum atomic E-state index is -0.224. The standard InChI is InChI=1S/C48H37BN2O/c1-47(2)34-19-9-11-21-38(34)49-39-22-12-15-25-44(39)52-45-27-31(26-37(47)46(45)49)51-40-23-13-8-18-32(40)33-28-36-43(29-42(33)51)50(30-16-6-5-7-17-30)41-24-14-10-20-35(41)48(36,3)4/h5-29H,1-4H3. The highest BCUT2D eigenvalue weighted by atomic mass is 16.5. The highest BCUT2D eigenvalue weighted by molar-refractivity contribution is 6.98. The summed E-state index contributed by atoms with van der Waals surface area (Å²) in [5, 5.41) is 2.51. The van der Waals surface area contributed by atoms with E-state index in [9.17, 15) is 0 Å². The number of hydrogen-bond donors (Lipinski definition) is 0. The molecule has 0 saturated carbocycles. The quantitative estimate of drug-likeness (QED) is 0.171. The summed E-state index contributed by atoms with van der Waals surface area (Å²) in [4.78, 5) is 2.46. The van der Waals surface area contributed by atoms with E-state index in [-0.39, 0.29) is 17.5 Å². The van der Waals surface area contributed by atoms with Crippen LogP contribution in [-0.2, 0) is 10.8 Å². The fourth-order valence-corrected chi connectivity index (χ4v) is 9.81. The molecular formula is C48H37BN2O. The predicted molar refractivity (Wildman–Crippen MR) is 217 cm³/mol. The highest BCUT2D eigenvalue weighted by Crippen LogP contribution is 2.54. The summed E-state index contributed by atoms with van der Waals surface area (Å²) in [6, 6.07) is 55.9. The van der Waals surface area contributed by atoms with Gasteiger partial charge >= 0.3 is 0 Å². The van der Waals surface area contributed by atoms with Gasteiger partial charge in [-0.2, -0.15) is 0 Å². The van der Waals surface area contributed by atoms with Gasteiger partial charge in [-0.3, -0.25) is 0 Å². The van der Waals surface area contributed by atoms with Crippen LogP contribution >= 0.6 is 0 Å². The number of fused-ring (bicyclic) bond motifs is 9. The lowest BCUT2D eigenvalue weighted by molar-refractivity contribution is 0.484. The van der Waals surface area contributed by atoms with Crippen molar-refractivity contribution in [2.75, 3.05) is 4.90 Å². The van der Waals surface area contributed by atoms with E-state index in [0.29, 0.717) is 0 Å². The van der Waals surface area contributed by atoms with Gasteiger partial charge in [-0.25, -0.2) is 0 Å². The Morgan fingerprint density at radius 1 is 0.462 bits per heavy atom. The molecule has 8 aromatic rings. The molecule has 1 aromatic heterocycles. The maximum atomic E-state index is 6.91. The number of hydrogen-bond acceptors (Lipinski definition) is 2. The third-order valence-corrected chi connectivity index (χ3v) is 12.3. The summed E-state index contributed by atoms with van der Waals surface area (Å²) >= 11 is 0. The van der Waals surface area contributed by atoms with Gasteiger partial charge in [-0.1, -0.05) is 130 Å². The number of aromatic nitrogens is 1. The number of anilines is 3. The van der Waals surface area contributed by atoms with Gasteiger partial charge in [0.2, 0.25) is 0 Å². The molecule has 0 amide bonds. The van der Waals surface area contributed by atoms with Crippen LogP contribution in [0.1, 0.15) is 49.9 Å². The minimum absolute atomic E-state index is 0.125. The van der Waals surface area contributed by atoms with Crippen molar-refractivity contribution in [1.29, 1.82) is 0 Å². The fourth-order valence-electron chi connectivity index (χ4n) is 9.81. The van der Waals surface area contributed by atoms with Crippen LogP contribution in [0.3, 0.4) is 0 Å². The highest BCUT2D eigenvalue weighted by Gasteiger charge is 2.45. The van der Waals surface area contributed by atoms with Gasteiger partial charge in [-0.15, -0.1) is 0 Å². The van der Waals surface area contributed by atoms with Crippen LogP contribution in [-0.4, -0.2) is 11.3 Å². The van der Waals surface area contributed by atoms with E-state index >= 15 is 0 Å². The molecule has 4 heteroatoms. The average molecular weight is 669 g/mol. The van der Waals surface area contributed by atoms with Crippen molar-refractivity contribution >= 4 is 62.0 Å². The van der Waals surface area contributed by atoms with Crippen molar-refractivity contribution in [3.63, 3.8) is 0 Å². The summed E-state index contributed by atoms with van der Waals surface area (Å²) in [6.45, 7) is 9.62. The van der Waals surface area contributed by atoms with Crippen LogP contribution in [0.2, 0.25) is 0 Å². The Kier molecular flexibility index (Phi) is 5.88. The lowest BCUT2D eigenvalue weighted by Crippen LogP contribution is -2.62. The molecule has 0 radical (unpaired) electrons. The van der Waals surface area contributed by atoms with E-state index in [1.807, 2.05) is 0 Å². The van der Waals surface area contributed by atoms with Crippen LogP contribution in [0.5, 0.6) is 11.5 Å². The molecule has 0 atom stereocenters. The van der Waals surface area contributed by atoms with E-state index in [1.165, 1.54) is 71.8 Å². The Bertz CT molecular complexity index is 2790. The Hall–Kier alpha value is -6.00. The monoisotopic (exact) mass is 668 g/mol. The second-order valence-electron chi connectivity index (χ2n) is 15.7. The molecule has 3 aliphatic heterocycles. The second-order valence-corrected chi connectivity index (χ2v) is 15.7. The first-order valence-corrected chi connectivity index (χ1v) is 18.4. The zero-order chi connectivity index (χ0) is 34.9. The molecule has 3 nitrogen and oxygen atoms in total. The maximum Gasteiger partial charge on any atom is 0.251 e. The maximum absolute atomic E-state index is 6.91. The van der Waals surface area contributed by atoms with Crippen molar-refractivity contribution in [3.8, 4) is 17.2 Å². The van der Waals surface area contributed by atoms with Crippen LogP contribution in [0, 0.1) is 0 Å². The number of nitrogens with zero attached hydrogens (tertiary/aromatic N) is 2. The SMILES string of the molecule is CC1(C)c2ccccc2N(c2ccccc2)c2cc3c(cc21)c1ccccc1n3-c1cc2c3c(c1)C(C)(C)c1ccccc1B3c1ccccc1O2. The van der Waals surface area contributed by atoms with Crippen molar-refractivity contribution in [1.82, 2.24) is 4.57 Å². The normalized spacial score (nSPS) is 15.7. The minimum Gasteiger partial charge on any atom is -0.458 e. The van der Waals surface area contributed by atoms with E-state index < -0.39 is 0 Å². The Balaban J connectivity index is 1.23. The van der Waals surface area contributed by atoms with Crippen molar-refractivity contribution in [2.24, 2.45) is 0 Å². The fraction of sp³-hybridized carbons (Fsp3) is 0.125. The summed E-state index contributed by atoms with van der Waals surface area (Å²) in [5.41, 5.74) is 15.9. The van der Waals surface area contributed by atoms with E-state index in [1.54, 1.807) is 0 Å². The molecule has 4 heterocycles. The molecule has 248 valence electrons. The summed E-state index contributed by atoms with van der Waals surface area (Å²) in [7, 11) is 0. The number of benzene rings is 7. The first-order chi connectivity index (χ1) is 25.3. The molecule has 0 unspecified atom stereocenters. The average Bonchev–Trinajstić information content (AvgIpc) is 3.49. The molecular weight excluding hydrogens is 631 g/mol. The van der Waals surface area contributed by atoms with Gasteiger partial charge in [0.15, 0.2) is 0 Å². The molecule has 0 N–H and O–H groups in total. The Labute approximate surface area is 304 Å².